The zero-order valence-corrected chi connectivity index (χ0v) is 10.2. The van der Waals surface area contributed by atoms with Gasteiger partial charge in [-0.2, -0.15) is 0 Å². The van der Waals surface area contributed by atoms with E-state index in [9.17, 15) is 0 Å². The molecule has 1 aromatic carbocycles. The molecule has 0 amide bonds. The summed E-state index contributed by atoms with van der Waals surface area (Å²) in [6.07, 6.45) is 0. The van der Waals surface area contributed by atoms with Crippen LogP contribution in [0, 0.1) is 13.8 Å². The molecule has 1 heterocycles. The van der Waals surface area contributed by atoms with Gasteiger partial charge in [-0.05, 0) is 37.6 Å². The summed E-state index contributed by atoms with van der Waals surface area (Å²) < 4.78 is 11.2. The second-order valence-electron chi connectivity index (χ2n) is 4.10. The van der Waals surface area contributed by atoms with E-state index in [4.69, 9.17) is 14.9 Å². The highest BCUT2D eigenvalue weighted by Gasteiger charge is 2.06. The predicted molar refractivity (Wildman–Crippen MR) is 66.8 cm³/mol. The standard InChI is InChI=1S/C14H17NO2/c1-10-4-3-5-13(6-10)16-9-12-7-14(8-15)17-11(12)2/h3-7H,8-9,15H2,1-2H3. The summed E-state index contributed by atoms with van der Waals surface area (Å²) in [4.78, 5) is 0. The average Bonchev–Trinajstić information content (AvgIpc) is 2.68. The van der Waals surface area contributed by atoms with Gasteiger partial charge in [0.25, 0.3) is 0 Å². The van der Waals surface area contributed by atoms with Crippen LogP contribution < -0.4 is 10.5 Å². The van der Waals surface area contributed by atoms with E-state index in [-0.39, 0.29) is 0 Å². The van der Waals surface area contributed by atoms with E-state index >= 15 is 0 Å². The summed E-state index contributed by atoms with van der Waals surface area (Å²) in [6, 6.07) is 9.94. The van der Waals surface area contributed by atoms with Crippen LogP contribution in [0.2, 0.25) is 0 Å². The van der Waals surface area contributed by atoms with E-state index < -0.39 is 0 Å². The largest absolute Gasteiger partial charge is 0.489 e. The lowest BCUT2D eigenvalue weighted by Crippen LogP contribution is -1.96. The van der Waals surface area contributed by atoms with Crippen molar-refractivity contribution in [2.45, 2.75) is 27.0 Å². The number of rotatable bonds is 4. The lowest BCUT2D eigenvalue weighted by atomic mass is 10.2. The van der Waals surface area contributed by atoms with Gasteiger partial charge in [-0.1, -0.05) is 12.1 Å². The maximum atomic E-state index is 5.71. The first-order chi connectivity index (χ1) is 8.19. The molecule has 0 unspecified atom stereocenters. The van der Waals surface area contributed by atoms with E-state index in [1.54, 1.807) is 0 Å². The fraction of sp³-hybridized carbons (Fsp3) is 0.286. The average molecular weight is 231 g/mol. The molecule has 2 rings (SSSR count). The van der Waals surface area contributed by atoms with Crippen molar-refractivity contribution in [2.24, 2.45) is 5.73 Å². The van der Waals surface area contributed by atoms with Gasteiger partial charge in [-0.25, -0.2) is 0 Å². The van der Waals surface area contributed by atoms with E-state index in [1.807, 2.05) is 44.2 Å². The van der Waals surface area contributed by atoms with Crippen LogP contribution in [0.15, 0.2) is 34.7 Å². The minimum Gasteiger partial charge on any atom is -0.489 e. The van der Waals surface area contributed by atoms with Gasteiger partial charge < -0.3 is 14.9 Å². The molecule has 0 bridgehead atoms. The first-order valence-corrected chi connectivity index (χ1v) is 5.67. The van der Waals surface area contributed by atoms with Crippen LogP contribution in [0.5, 0.6) is 5.75 Å². The molecule has 0 spiro atoms. The summed E-state index contributed by atoms with van der Waals surface area (Å²) in [7, 11) is 0. The molecule has 0 aliphatic carbocycles. The van der Waals surface area contributed by atoms with Crippen LogP contribution in [-0.2, 0) is 13.2 Å². The van der Waals surface area contributed by atoms with Gasteiger partial charge in [-0.15, -0.1) is 0 Å². The third-order valence-electron chi connectivity index (χ3n) is 2.66. The number of hydrogen-bond donors (Lipinski definition) is 1. The van der Waals surface area contributed by atoms with E-state index in [0.717, 1.165) is 22.8 Å². The first-order valence-electron chi connectivity index (χ1n) is 5.67. The molecule has 0 saturated heterocycles. The normalized spacial score (nSPS) is 10.5. The molecule has 0 aliphatic heterocycles. The van der Waals surface area contributed by atoms with Crippen LogP contribution in [0.1, 0.15) is 22.6 Å². The molecule has 17 heavy (non-hydrogen) atoms. The van der Waals surface area contributed by atoms with Crippen molar-refractivity contribution < 1.29 is 9.15 Å². The Labute approximate surface area is 101 Å². The second kappa shape index (κ2) is 5.06. The Morgan fingerprint density at radius 1 is 1.24 bits per heavy atom. The number of ether oxygens (including phenoxy) is 1. The fourth-order valence-corrected chi connectivity index (χ4v) is 1.70. The quantitative estimate of drug-likeness (QED) is 0.880. The molecule has 1 aromatic heterocycles. The zero-order chi connectivity index (χ0) is 12.3. The minimum absolute atomic E-state index is 0.422. The van der Waals surface area contributed by atoms with Crippen molar-refractivity contribution in [1.29, 1.82) is 0 Å². The second-order valence-corrected chi connectivity index (χ2v) is 4.10. The molecule has 0 atom stereocenters. The smallest absolute Gasteiger partial charge is 0.120 e. The summed E-state index contributed by atoms with van der Waals surface area (Å²) >= 11 is 0. The molecule has 2 aromatic rings. The maximum absolute atomic E-state index is 5.71. The number of nitrogens with two attached hydrogens (primary N) is 1. The molecule has 90 valence electrons. The van der Waals surface area contributed by atoms with Gasteiger partial charge in [0.1, 0.15) is 23.9 Å². The molecule has 0 saturated carbocycles. The van der Waals surface area contributed by atoms with Crippen molar-refractivity contribution in [3.8, 4) is 5.75 Å². The number of furan rings is 1. The van der Waals surface area contributed by atoms with Crippen LogP contribution in [-0.4, -0.2) is 0 Å². The Hall–Kier alpha value is -1.74. The van der Waals surface area contributed by atoms with Gasteiger partial charge >= 0.3 is 0 Å². The van der Waals surface area contributed by atoms with E-state index in [1.165, 1.54) is 5.56 Å². The SMILES string of the molecule is Cc1cccc(OCc2cc(CN)oc2C)c1. The van der Waals surface area contributed by atoms with Crippen LogP contribution in [0.25, 0.3) is 0 Å². The molecular weight excluding hydrogens is 214 g/mol. The van der Waals surface area contributed by atoms with Gasteiger partial charge in [-0.3, -0.25) is 0 Å². The van der Waals surface area contributed by atoms with E-state index in [2.05, 4.69) is 0 Å². The van der Waals surface area contributed by atoms with Crippen molar-refractivity contribution in [2.75, 3.05) is 0 Å². The van der Waals surface area contributed by atoms with E-state index in [0.29, 0.717) is 13.2 Å². The highest BCUT2D eigenvalue weighted by atomic mass is 16.5. The molecule has 2 N–H and O–H groups in total. The third-order valence-corrected chi connectivity index (χ3v) is 2.66. The van der Waals surface area contributed by atoms with Crippen molar-refractivity contribution in [3.05, 3.63) is 53.0 Å². The number of hydrogen-bond acceptors (Lipinski definition) is 3. The van der Waals surface area contributed by atoms with Crippen LogP contribution in [0.4, 0.5) is 0 Å². The summed E-state index contributed by atoms with van der Waals surface area (Å²) in [5.41, 5.74) is 7.76. The first kappa shape index (κ1) is 11.7. The Kier molecular flexibility index (Phi) is 3.49. The Morgan fingerprint density at radius 3 is 2.71 bits per heavy atom. The highest BCUT2D eigenvalue weighted by molar-refractivity contribution is 5.28. The monoisotopic (exact) mass is 231 g/mol. The molecule has 3 heteroatoms. The third kappa shape index (κ3) is 2.88. The Bertz CT molecular complexity index is 503. The minimum atomic E-state index is 0.422. The molecule has 0 aliphatic rings. The topological polar surface area (TPSA) is 48.4 Å². The Morgan fingerprint density at radius 2 is 2.06 bits per heavy atom. The summed E-state index contributed by atoms with van der Waals surface area (Å²) in [5, 5.41) is 0. The van der Waals surface area contributed by atoms with Gasteiger partial charge in [0.2, 0.25) is 0 Å². The van der Waals surface area contributed by atoms with Crippen molar-refractivity contribution >= 4 is 0 Å². The van der Waals surface area contributed by atoms with Crippen molar-refractivity contribution in [3.63, 3.8) is 0 Å². The number of aryl methyl sites for hydroxylation is 2. The highest BCUT2D eigenvalue weighted by Crippen LogP contribution is 2.18. The van der Waals surface area contributed by atoms with Gasteiger partial charge in [0.15, 0.2) is 0 Å². The summed E-state index contributed by atoms with van der Waals surface area (Å²) in [5.74, 6) is 2.54. The Balaban J connectivity index is 2.04. The fourth-order valence-electron chi connectivity index (χ4n) is 1.70. The zero-order valence-electron chi connectivity index (χ0n) is 10.2. The van der Waals surface area contributed by atoms with Crippen LogP contribution in [0.3, 0.4) is 0 Å². The van der Waals surface area contributed by atoms with Gasteiger partial charge in [0, 0.05) is 5.56 Å². The predicted octanol–water partition coefficient (Wildman–Crippen LogP) is 2.93. The molecular formula is C14H17NO2. The van der Waals surface area contributed by atoms with Gasteiger partial charge in [0.05, 0.1) is 6.54 Å². The lowest BCUT2D eigenvalue weighted by Gasteiger charge is -2.05. The molecule has 0 fully saturated rings. The maximum Gasteiger partial charge on any atom is 0.120 e. The van der Waals surface area contributed by atoms with Crippen LogP contribution >= 0.6 is 0 Å². The molecule has 0 radical (unpaired) electrons. The van der Waals surface area contributed by atoms with Crippen molar-refractivity contribution in [1.82, 2.24) is 0 Å². The number of benzene rings is 1. The summed E-state index contributed by atoms with van der Waals surface area (Å²) in [6.45, 7) is 4.90. The molecule has 3 nitrogen and oxygen atoms in total. The lowest BCUT2D eigenvalue weighted by molar-refractivity contribution is 0.303.